The molecule has 0 aromatic carbocycles. The molecule has 0 spiro atoms. The third-order valence-corrected chi connectivity index (χ3v) is 4.82. The van der Waals surface area contributed by atoms with Crippen LogP contribution < -0.4 is 4.90 Å². The lowest BCUT2D eigenvalue weighted by molar-refractivity contribution is 0.0593. The van der Waals surface area contributed by atoms with Crippen molar-refractivity contribution >= 4 is 11.8 Å². The van der Waals surface area contributed by atoms with Crippen molar-refractivity contribution in [3.8, 4) is 0 Å². The molecule has 2 saturated carbocycles. The van der Waals surface area contributed by atoms with Crippen molar-refractivity contribution in [2.45, 2.75) is 25.7 Å². The van der Waals surface area contributed by atoms with Gasteiger partial charge in [-0.05, 0) is 37.0 Å². The third kappa shape index (κ3) is 2.49. The Labute approximate surface area is 119 Å². The Morgan fingerprint density at radius 2 is 2.20 bits per heavy atom. The molecule has 2 fully saturated rings. The highest BCUT2D eigenvalue weighted by Crippen LogP contribution is 2.48. The number of fused-ring (bicyclic) bond motifs is 2. The summed E-state index contributed by atoms with van der Waals surface area (Å²) in [5.41, 5.74) is 0.254. The molecule has 2 aliphatic rings. The molecule has 0 saturated heterocycles. The van der Waals surface area contributed by atoms with E-state index in [-0.39, 0.29) is 5.69 Å². The smallest absolute Gasteiger partial charge is 0.358 e. The van der Waals surface area contributed by atoms with Crippen molar-refractivity contribution in [2.24, 2.45) is 17.8 Å². The normalized spacial score (nSPS) is 27.6. The predicted octanol–water partition coefficient (Wildman–Crippen LogP) is 2.14. The Kier molecular flexibility index (Phi) is 3.59. The molecule has 1 heterocycles. The zero-order chi connectivity index (χ0) is 14.1. The minimum absolute atomic E-state index is 0.254. The van der Waals surface area contributed by atoms with Crippen LogP contribution in [0.1, 0.15) is 36.2 Å². The lowest BCUT2D eigenvalue weighted by Gasteiger charge is -2.27. The summed E-state index contributed by atoms with van der Waals surface area (Å²) in [6.07, 6.45) is 8.75. The highest BCUT2D eigenvalue weighted by Gasteiger charge is 2.39. The SMILES string of the molecule is COC(=O)c1cnc(N(C)CC2CC3CCC2C3)cn1. The Bertz CT molecular complexity index is 488. The average Bonchev–Trinajstić information content (AvgIpc) is 3.09. The number of anilines is 1. The highest BCUT2D eigenvalue weighted by atomic mass is 16.5. The molecular formula is C15H21N3O2. The van der Waals surface area contributed by atoms with Crippen LogP contribution in [0.4, 0.5) is 5.82 Å². The Balaban J connectivity index is 1.62. The second-order valence-electron chi connectivity index (χ2n) is 6.07. The molecule has 0 radical (unpaired) electrons. The fourth-order valence-electron chi connectivity index (χ4n) is 3.77. The molecular weight excluding hydrogens is 254 g/mol. The van der Waals surface area contributed by atoms with E-state index in [4.69, 9.17) is 0 Å². The lowest BCUT2D eigenvalue weighted by atomic mass is 9.88. The van der Waals surface area contributed by atoms with Crippen LogP contribution in [0.5, 0.6) is 0 Å². The summed E-state index contributed by atoms with van der Waals surface area (Å²) in [5, 5.41) is 0. The molecule has 108 valence electrons. The van der Waals surface area contributed by atoms with E-state index in [0.29, 0.717) is 0 Å². The van der Waals surface area contributed by atoms with Crippen LogP contribution in [-0.2, 0) is 4.74 Å². The number of hydrogen-bond donors (Lipinski definition) is 0. The molecule has 2 aliphatic carbocycles. The summed E-state index contributed by atoms with van der Waals surface area (Å²) >= 11 is 0. The highest BCUT2D eigenvalue weighted by molar-refractivity contribution is 5.86. The zero-order valence-electron chi connectivity index (χ0n) is 12.1. The topological polar surface area (TPSA) is 55.3 Å². The van der Waals surface area contributed by atoms with Crippen molar-refractivity contribution in [1.82, 2.24) is 9.97 Å². The number of hydrogen-bond acceptors (Lipinski definition) is 5. The predicted molar refractivity (Wildman–Crippen MR) is 75.6 cm³/mol. The monoisotopic (exact) mass is 275 g/mol. The average molecular weight is 275 g/mol. The van der Waals surface area contributed by atoms with Gasteiger partial charge in [-0.2, -0.15) is 0 Å². The summed E-state index contributed by atoms with van der Waals surface area (Å²) in [6.45, 7) is 1.04. The standard InChI is InChI=1S/C15H21N3O2/c1-18(9-12-6-10-3-4-11(12)5-10)14-8-16-13(7-17-14)15(19)20-2/h7-8,10-12H,3-6,9H2,1-2H3. The first kappa shape index (κ1) is 13.3. The molecule has 5 heteroatoms. The summed E-state index contributed by atoms with van der Waals surface area (Å²) in [6, 6.07) is 0. The molecule has 2 bridgehead atoms. The van der Waals surface area contributed by atoms with E-state index in [1.54, 1.807) is 6.20 Å². The van der Waals surface area contributed by atoms with Gasteiger partial charge in [0.2, 0.25) is 0 Å². The van der Waals surface area contributed by atoms with Crippen molar-refractivity contribution in [3.05, 3.63) is 18.1 Å². The third-order valence-electron chi connectivity index (χ3n) is 4.82. The Hall–Kier alpha value is -1.65. The van der Waals surface area contributed by atoms with Crippen LogP contribution >= 0.6 is 0 Å². The maximum absolute atomic E-state index is 11.3. The first-order chi connectivity index (χ1) is 9.67. The zero-order valence-corrected chi connectivity index (χ0v) is 12.1. The van der Waals surface area contributed by atoms with Crippen LogP contribution in [-0.4, -0.2) is 36.6 Å². The van der Waals surface area contributed by atoms with Gasteiger partial charge < -0.3 is 9.64 Å². The number of carbonyl (C=O) groups is 1. The van der Waals surface area contributed by atoms with E-state index in [1.165, 1.54) is 39.0 Å². The Morgan fingerprint density at radius 3 is 2.75 bits per heavy atom. The number of ether oxygens (including phenoxy) is 1. The molecule has 20 heavy (non-hydrogen) atoms. The van der Waals surface area contributed by atoms with Gasteiger partial charge in [0.05, 0.1) is 19.5 Å². The van der Waals surface area contributed by atoms with E-state index in [1.807, 2.05) is 7.05 Å². The number of methoxy groups -OCH3 is 1. The van der Waals surface area contributed by atoms with Gasteiger partial charge in [0.1, 0.15) is 5.82 Å². The summed E-state index contributed by atoms with van der Waals surface area (Å²) in [5.74, 6) is 3.04. The molecule has 1 aromatic heterocycles. The first-order valence-corrected chi connectivity index (χ1v) is 7.29. The van der Waals surface area contributed by atoms with E-state index in [2.05, 4.69) is 19.6 Å². The van der Waals surface area contributed by atoms with Crippen molar-refractivity contribution in [2.75, 3.05) is 25.6 Å². The van der Waals surface area contributed by atoms with Crippen LogP contribution in [0.2, 0.25) is 0 Å². The van der Waals surface area contributed by atoms with Crippen LogP contribution in [0, 0.1) is 17.8 Å². The van der Waals surface area contributed by atoms with Crippen LogP contribution in [0.15, 0.2) is 12.4 Å². The van der Waals surface area contributed by atoms with Gasteiger partial charge in [-0.3, -0.25) is 0 Å². The fourth-order valence-corrected chi connectivity index (χ4v) is 3.77. The molecule has 0 aliphatic heterocycles. The van der Waals surface area contributed by atoms with E-state index < -0.39 is 5.97 Å². The van der Waals surface area contributed by atoms with Crippen molar-refractivity contribution in [1.29, 1.82) is 0 Å². The maximum Gasteiger partial charge on any atom is 0.358 e. The largest absolute Gasteiger partial charge is 0.464 e. The number of rotatable bonds is 4. The van der Waals surface area contributed by atoms with Crippen LogP contribution in [0.25, 0.3) is 0 Å². The number of carbonyl (C=O) groups excluding carboxylic acids is 1. The summed E-state index contributed by atoms with van der Waals surface area (Å²) in [7, 11) is 3.40. The molecule has 5 nitrogen and oxygen atoms in total. The minimum Gasteiger partial charge on any atom is -0.464 e. The van der Waals surface area contributed by atoms with E-state index in [0.717, 1.165) is 30.1 Å². The number of aromatic nitrogens is 2. The van der Waals surface area contributed by atoms with Gasteiger partial charge in [0, 0.05) is 13.6 Å². The second kappa shape index (κ2) is 5.38. The van der Waals surface area contributed by atoms with Gasteiger partial charge >= 0.3 is 5.97 Å². The van der Waals surface area contributed by atoms with E-state index in [9.17, 15) is 4.79 Å². The quantitative estimate of drug-likeness (QED) is 0.788. The molecule has 3 unspecified atom stereocenters. The van der Waals surface area contributed by atoms with Gasteiger partial charge in [0.15, 0.2) is 5.69 Å². The first-order valence-electron chi connectivity index (χ1n) is 7.29. The van der Waals surface area contributed by atoms with Crippen molar-refractivity contribution < 1.29 is 9.53 Å². The Morgan fingerprint density at radius 1 is 1.35 bits per heavy atom. The second-order valence-corrected chi connectivity index (χ2v) is 6.07. The summed E-state index contributed by atoms with van der Waals surface area (Å²) < 4.78 is 4.62. The number of esters is 1. The van der Waals surface area contributed by atoms with Gasteiger partial charge in [-0.15, -0.1) is 0 Å². The molecule has 0 N–H and O–H groups in total. The van der Waals surface area contributed by atoms with E-state index >= 15 is 0 Å². The van der Waals surface area contributed by atoms with Crippen LogP contribution in [0.3, 0.4) is 0 Å². The summed E-state index contributed by atoms with van der Waals surface area (Å²) in [4.78, 5) is 21.9. The maximum atomic E-state index is 11.3. The molecule has 0 amide bonds. The fraction of sp³-hybridized carbons (Fsp3) is 0.667. The van der Waals surface area contributed by atoms with Crippen molar-refractivity contribution in [3.63, 3.8) is 0 Å². The van der Waals surface area contributed by atoms with Gasteiger partial charge in [0.25, 0.3) is 0 Å². The number of nitrogens with zero attached hydrogens (tertiary/aromatic N) is 3. The molecule has 3 atom stereocenters. The molecule has 3 rings (SSSR count). The van der Waals surface area contributed by atoms with Gasteiger partial charge in [-0.1, -0.05) is 6.42 Å². The lowest BCUT2D eigenvalue weighted by Crippen LogP contribution is -2.29. The van der Waals surface area contributed by atoms with Gasteiger partial charge in [-0.25, -0.2) is 14.8 Å². The minimum atomic E-state index is -0.445. The molecule has 1 aromatic rings.